The van der Waals surface area contributed by atoms with Crippen LogP contribution in [0.15, 0.2) is 18.2 Å². The van der Waals surface area contributed by atoms with Crippen molar-refractivity contribution < 1.29 is 5.11 Å². The van der Waals surface area contributed by atoms with Crippen molar-refractivity contribution in [1.29, 1.82) is 0 Å². The second-order valence-corrected chi connectivity index (χ2v) is 5.62. The summed E-state index contributed by atoms with van der Waals surface area (Å²) in [6, 6.07) is 6.33. The van der Waals surface area contributed by atoms with E-state index in [9.17, 15) is 0 Å². The highest BCUT2D eigenvalue weighted by Gasteiger charge is 2.20. The Kier molecular flexibility index (Phi) is 4.00. The molecule has 1 fully saturated rings. The van der Waals surface area contributed by atoms with Crippen molar-refractivity contribution in [2.24, 2.45) is 0 Å². The van der Waals surface area contributed by atoms with Crippen LogP contribution in [0.1, 0.15) is 12.5 Å². The van der Waals surface area contributed by atoms with E-state index < -0.39 is 0 Å². The van der Waals surface area contributed by atoms with Gasteiger partial charge in [0.2, 0.25) is 0 Å². The summed E-state index contributed by atoms with van der Waals surface area (Å²) in [5, 5.41) is 9.78. The maximum atomic E-state index is 9.04. The molecule has 1 atom stereocenters. The molecule has 0 aliphatic carbocycles. The lowest BCUT2D eigenvalue weighted by Gasteiger charge is -2.35. The maximum absolute atomic E-state index is 9.04. The fourth-order valence-corrected chi connectivity index (χ4v) is 3.29. The molecule has 2 rings (SSSR count). The van der Waals surface area contributed by atoms with Gasteiger partial charge in [0.05, 0.1) is 17.3 Å². The van der Waals surface area contributed by atoms with Crippen molar-refractivity contribution in [3.05, 3.63) is 28.8 Å². The topological polar surface area (TPSA) is 23.5 Å². The third kappa shape index (κ3) is 2.47. The first-order valence-electron chi connectivity index (χ1n) is 5.46. The number of hydrogen-bond donors (Lipinski definition) is 1. The zero-order valence-electron chi connectivity index (χ0n) is 9.32. The van der Waals surface area contributed by atoms with Crippen LogP contribution in [-0.2, 0) is 6.61 Å². The normalized spacial score (nSPS) is 21.2. The number of nitrogens with zero attached hydrogens (tertiary/aromatic N) is 1. The summed E-state index contributed by atoms with van der Waals surface area (Å²) in [6.45, 7) is 3.32. The van der Waals surface area contributed by atoms with E-state index >= 15 is 0 Å². The number of anilines is 1. The molecule has 1 N–H and O–H groups in total. The number of benzene rings is 1. The van der Waals surface area contributed by atoms with Gasteiger partial charge in [0.25, 0.3) is 0 Å². The molecule has 1 aliphatic heterocycles. The number of aliphatic hydroxyl groups excluding tert-OH is 1. The van der Waals surface area contributed by atoms with Crippen LogP contribution in [0.5, 0.6) is 0 Å². The van der Waals surface area contributed by atoms with E-state index in [-0.39, 0.29) is 6.61 Å². The zero-order chi connectivity index (χ0) is 11.5. The summed E-state index contributed by atoms with van der Waals surface area (Å²) in [7, 11) is 0. The molecule has 1 unspecified atom stereocenters. The smallest absolute Gasteiger partial charge is 0.0682 e. The van der Waals surface area contributed by atoms with Crippen molar-refractivity contribution >= 4 is 29.1 Å². The SMILES string of the molecule is CC1CSCCN1c1ccc(CO)cc1Cl. The Labute approximate surface area is 106 Å². The third-order valence-corrected chi connectivity index (χ3v) is 4.36. The van der Waals surface area contributed by atoms with E-state index in [1.54, 1.807) is 0 Å². The predicted octanol–water partition coefficient (Wildman–Crippen LogP) is 2.77. The molecule has 0 spiro atoms. The summed E-state index contributed by atoms with van der Waals surface area (Å²) in [6.07, 6.45) is 0. The van der Waals surface area contributed by atoms with E-state index in [4.69, 9.17) is 16.7 Å². The summed E-state index contributed by atoms with van der Waals surface area (Å²) in [4.78, 5) is 2.35. The van der Waals surface area contributed by atoms with E-state index in [1.807, 2.05) is 30.0 Å². The molecule has 1 saturated heterocycles. The average molecular weight is 258 g/mol. The fraction of sp³-hybridized carbons (Fsp3) is 0.500. The summed E-state index contributed by atoms with van der Waals surface area (Å²) < 4.78 is 0. The Bertz CT molecular complexity index is 372. The first-order chi connectivity index (χ1) is 7.72. The molecule has 16 heavy (non-hydrogen) atoms. The van der Waals surface area contributed by atoms with E-state index in [1.165, 1.54) is 0 Å². The molecule has 4 heteroatoms. The third-order valence-electron chi connectivity index (χ3n) is 2.87. The van der Waals surface area contributed by atoms with Gasteiger partial charge in [-0.3, -0.25) is 0 Å². The van der Waals surface area contributed by atoms with Gasteiger partial charge in [-0.2, -0.15) is 11.8 Å². The highest BCUT2D eigenvalue weighted by atomic mass is 35.5. The van der Waals surface area contributed by atoms with Crippen LogP contribution >= 0.6 is 23.4 Å². The number of halogens is 1. The molecule has 0 radical (unpaired) electrons. The van der Waals surface area contributed by atoms with Crippen molar-refractivity contribution in [3.8, 4) is 0 Å². The highest BCUT2D eigenvalue weighted by molar-refractivity contribution is 7.99. The minimum absolute atomic E-state index is 0.0470. The standard InChI is InChI=1S/C12H16ClNOS/c1-9-8-16-5-4-14(9)12-3-2-10(7-15)6-11(12)13/h2-3,6,9,15H,4-5,7-8H2,1H3. The molecule has 2 nitrogen and oxygen atoms in total. The molecule has 0 amide bonds. The maximum Gasteiger partial charge on any atom is 0.0682 e. The van der Waals surface area contributed by atoms with Crippen LogP contribution in [0, 0.1) is 0 Å². The molecule has 1 aromatic rings. The van der Waals surface area contributed by atoms with Crippen molar-refractivity contribution in [2.75, 3.05) is 23.0 Å². The lowest BCUT2D eigenvalue weighted by Crippen LogP contribution is -2.40. The Morgan fingerprint density at radius 1 is 1.56 bits per heavy atom. The van der Waals surface area contributed by atoms with Gasteiger partial charge in [0.15, 0.2) is 0 Å². The lowest BCUT2D eigenvalue weighted by atomic mass is 10.1. The first-order valence-corrected chi connectivity index (χ1v) is 6.99. The quantitative estimate of drug-likeness (QED) is 0.881. The number of rotatable bonds is 2. The Morgan fingerprint density at radius 3 is 3.00 bits per heavy atom. The fourth-order valence-electron chi connectivity index (χ4n) is 1.97. The van der Waals surface area contributed by atoms with Crippen LogP contribution in [0.2, 0.25) is 5.02 Å². The van der Waals surface area contributed by atoms with Crippen LogP contribution in [-0.4, -0.2) is 29.2 Å². The van der Waals surface area contributed by atoms with Gasteiger partial charge in [-0.25, -0.2) is 0 Å². The van der Waals surface area contributed by atoms with Gasteiger partial charge in [0.1, 0.15) is 0 Å². The first kappa shape index (κ1) is 12.1. The minimum Gasteiger partial charge on any atom is -0.392 e. The molecule has 88 valence electrons. The highest BCUT2D eigenvalue weighted by Crippen LogP contribution is 2.31. The van der Waals surface area contributed by atoms with Crippen LogP contribution in [0.4, 0.5) is 5.69 Å². The Morgan fingerprint density at radius 2 is 2.38 bits per heavy atom. The second kappa shape index (κ2) is 5.30. The largest absolute Gasteiger partial charge is 0.392 e. The van der Waals surface area contributed by atoms with Crippen molar-refractivity contribution in [2.45, 2.75) is 19.6 Å². The van der Waals surface area contributed by atoms with Gasteiger partial charge in [-0.15, -0.1) is 0 Å². The number of hydrogen-bond acceptors (Lipinski definition) is 3. The zero-order valence-corrected chi connectivity index (χ0v) is 10.9. The molecule has 1 aliphatic rings. The van der Waals surface area contributed by atoms with Gasteiger partial charge in [-0.05, 0) is 24.6 Å². The predicted molar refractivity (Wildman–Crippen MR) is 71.5 cm³/mol. The monoisotopic (exact) mass is 257 g/mol. The van der Waals surface area contributed by atoms with Crippen LogP contribution in [0.3, 0.4) is 0 Å². The molecule has 0 bridgehead atoms. The molecule has 0 saturated carbocycles. The van der Waals surface area contributed by atoms with Crippen LogP contribution in [0.25, 0.3) is 0 Å². The van der Waals surface area contributed by atoms with Crippen molar-refractivity contribution in [3.63, 3.8) is 0 Å². The molecular formula is C12H16ClNOS. The molecule has 0 aromatic heterocycles. The van der Waals surface area contributed by atoms with Crippen LogP contribution < -0.4 is 4.90 Å². The summed E-state index contributed by atoms with van der Waals surface area (Å²) in [5.41, 5.74) is 1.96. The van der Waals surface area contributed by atoms with Gasteiger partial charge >= 0.3 is 0 Å². The number of aliphatic hydroxyl groups is 1. The molecule has 1 aromatic carbocycles. The Balaban J connectivity index is 2.25. The lowest BCUT2D eigenvalue weighted by molar-refractivity contribution is 0.282. The summed E-state index contributed by atoms with van der Waals surface area (Å²) >= 11 is 8.24. The minimum atomic E-state index is 0.0470. The van der Waals surface area contributed by atoms with E-state index in [0.29, 0.717) is 6.04 Å². The Hall–Kier alpha value is -0.380. The van der Waals surface area contributed by atoms with Crippen molar-refractivity contribution in [1.82, 2.24) is 0 Å². The molecule has 1 heterocycles. The van der Waals surface area contributed by atoms with E-state index in [2.05, 4.69) is 11.8 Å². The second-order valence-electron chi connectivity index (χ2n) is 4.06. The average Bonchev–Trinajstić information content (AvgIpc) is 2.30. The number of thioether (sulfide) groups is 1. The van der Waals surface area contributed by atoms with Gasteiger partial charge < -0.3 is 10.0 Å². The summed E-state index contributed by atoms with van der Waals surface area (Å²) in [5.74, 6) is 2.31. The van der Waals surface area contributed by atoms with E-state index in [0.717, 1.165) is 34.3 Å². The molecular weight excluding hydrogens is 242 g/mol. The van der Waals surface area contributed by atoms with Gasteiger partial charge in [-0.1, -0.05) is 17.7 Å². The van der Waals surface area contributed by atoms with Gasteiger partial charge in [0, 0.05) is 24.1 Å².